The van der Waals surface area contributed by atoms with Crippen LogP contribution in [-0.2, 0) is 7.05 Å². The van der Waals surface area contributed by atoms with Gasteiger partial charge in [0.15, 0.2) is 0 Å². The number of halogens is 2. The largest absolute Gasteiger partial charge is 0.382 e. The molecular weight excluding hydrogens is 385 g/mol. The summed E-state index contributed by atoms with van der Waals surface area (Å²) in [6, 6.07) is 5.80. The predicted octanol–water partition coefficient (Wildman–Crippen LogP) is 2.26. The van der Waals surface area contributed by atoms with E-state index < -0.39 is 6.10 Å². The molecule has 2 rings (SSSR count). The number of aryl methyl sites for hydroxylation is 1. The van der Waals surface area contributed by atoms with E-state index in [2.05, 4.69) is 48.8 Å². The van der Waals surface area contributed by atoms with Crippen LogP contribution in [-0.4, -0.2) is 20.1 Å². The standard InChI is InChI=1S/C10H9BrIN3O/c1-15-9(5-13-14-15)10(16)7-4-6(11)2-3-8(7)12/h2-5,10,16H,1H3. The van der Waals surface area contributed by atoms with Gasteiger partial charge in [-0.2, -0.15) is 0 Å². The number of hydrogen-bond acceptors (Lipinski definition) is 3. The van der Waals surface area contributed by atoms with Crippen LogP contribution in [0.25, 0.3) is 0 Å². The van der Waals surface area contributed by atoms with E-state index >= 15 is 0 Å². The molecule has 4 nitrogen and oxygen atoms in total. The Kier molecular flexibility index (Phi) is 3.60. The molecule has 6 heteroatoms. The predicted molar refractivity (Wildman–Crippen MR) is 71.9 cm³/mol. The van der Waals surface area contributed by atoms with Gasteiger partial charge < -0.3 is 5.11 Å². The van der Waals surface area contributed by atoms with Crippen molar-refractivity contribution in [1.82, 2.24) is 15.0 Å². The van der Waals surface area contributed by atoms with E-state index in [1.54, 1.807) is 17.9 Å². The second kappa shape index (κ2) is 4.80. The van der Waals surface area contributed by atoms with Crippen LogP contribution < -0.4 is 0 Å². The first-order valence-electron chi connectivity index (χ1n) is 4.57. The van der Waals surface area contributed by atoms with E-state index in [4.69, 9.17) is 0 Å². The van der Waals surface area contributed by atoms with Crippen molar-refractivity contribution in [2.75, 3.05) is 0 Å². The molecule has 1 heterocycles. The Labute approximate surface area is 115 Å². The molecule has 1 unspecified atom stereocenters. The fourth-order valence-electron chi connectivity index (χ4n) is 1.43. The molecule has 1 atom stereocenters. The molecule has 0 saturated carbocycles. The normalized spacial score (nSPS) is 12.8. The topological polar surface area (TPSA) is 50.9 Å². The minimum absolute atomic E-state index is 0.677. The molecule has 0 amide bonds. The number of nitrogens with zero attached hydrogens (tertiary/aromatic N) is 3. The minimum atomic E-state index is -0.704. The van der Waals surface area contributed by atoms with E-state index in [1.165, 1.54) is 0 Å². The van der Waals surface area contributed by atoms with E-state index in [-0.39, 0.29) is 0 Å². The molecule has 1 aromatic carbocycles. The van der Waals surface area contributed by atoms with Gasteiger partial charge in [-0.3, -0.25) is 0 Å². The quantitative estimate of drug-likeness (QED) is 0.796. The third-order valence-electron chi connectivity index (χ3n) is 2.28. The SMILES string of the molecule is Cn1nncc1C(O)c1cc(Br)ccc1I. The van der Waals surface area contributed by atoms with Gasteiger partial charge in [0.25, 0.3) is 0 Å². The van der Waals surface area contributed by atoms with Crippen molar-refractivity contribution in [2.45, 2.75) is 6.10 Å². The van der Waals surface area contributed by atoms with Gasteiger partial charge in [-0.05, 0) is 40.8 Å². The molecule has 1 aromatic heterocycles. The van der Waals surface area contributed by atoms with Crippen LogP contribution in [0.1, 0.15) is 17.4 Å². The number of aromatic nitrogens is 3. The van der Waals surface area contributed by atoms with Crippen LogP contribution >= 0.6 is 38.5 Å². The zero-order valence-corrected chi connectivity index (χ0v) is 12.2. The Morgan fingerprint density at radius 1 is 1.50 bits per heavy atom. The number of rotatable bonds is 2. The lowest BCUT2D eigenvalue weighted by Crippen LogP contribution is -2.08. The molecule has 0 fully saturated rings. The number of benzene rings is 1. The Hall–Kier alpha value is -0.470. The number of aliphatic hydroxyl groups excluding tert-OH is 1. The average Bonchev–Trinajstić information content (AvgIpc) is 2.67. The van der Waals surface area contributed by atoms with Gasteiger partial charge in [-0.1, -0.05) is 21.1 Å². The zero-order valence-electron chi connectivity index (χ0n) is 8.43. The summed E-state index contributed by atoms with van der Waals surface area (Å²) in [6.45, 7) is 0. The number of aliphatic hydroxyl groups is 1. The first-order valence-corrected chi connectivity index (χ1v) is 6.44. The van der Waals surface area contributed by atoms with Gasteiger partial charge in [-0.25, -0.2) is 4.68 Å². The maximum atomic E-state index is 10.2. The van der Waals surface area contributed by atoms with Gasteiger partial charge in [0.2, 0.25) is 0 Å². The molecule has 0 aliphatic heterocycles. The Balaban J connectivity index is 2.45. The molecule has 2 aromatic rings. The van der Waals surface area contributed by atoms with Gasteiger partial charge in [0, 0.05) is 20.7 Å². The summed E-state index contributed by atoms with van der Waals surface area (Å²) in [5, 5.41) is 17.8. The minimum Gasteiger partial charge on any atom is -0.382 e. The van der Waals surface area contributed by atoms with Crippen molar-refractivity contribution in [3.05, 3.63) is 43.7 Å². The molecule has 0 aliphatic carbocycles. The summed E-state index contributed by atoms with van der Waals surface area (Å²) in [6.07, 6.45) is 0.867. The highest BCUT2D eigenvalue weighted by molar-refractivity contribution is 14.1. The lowest BCUT2D eigenvalue weighted by Gasteiger charge is -2.12. The Morgan fingerprint density at radius 2 is 2.25 bits per heavy atom. The van der Waals surface area contributed by atoms with E-state index in [0.717, 1.165) is 13.6 Å². The van der Waals surface area contributed by atoms with Crippen LogP contribution in [0, 0.1) is 3.57 Å². The highest BCUT2D eigenvalue weighted by Crippen LogP contribution is 2.27. The molecule has 0 spiro atoms. The summed E-state index contributed by atoms with van der Waals surface area (Å²) < 4.78 is 3.52. The maximum absolute atomic E-state index is 10.2. The molecular formula is C10H9BrIN3O. The van der Waals surface area contributed by atoms with Gasteiger partial charge >= 0.3 is 0 Å². The second-order valence-electron chi connectivity index (χ2n) is 3.35. The van der Waals surface area contributed by atoms with Crippen LogP contribution in [0.2, 0.25) is 0 Å². The van der Waals surface area contributed by atoms with E-state index in [0.29, 0.717) is 5.69 Å². The van der Waals surface area contributed by atoms with Crippen molar-refractivity contribution < 1.29 is 5.11 Å². The summed E-state index contributed by atoms with van der Waals surface area (Å²) >= 11 is 5.59. The van der Waals surface area contributed by atoms with Crippen LogP contribution in [0.15, 0.2) is 28.9 Å². The van der Waals surface area contributed by atoms with Crippen molar-refractivity contribution in [2.24, 2.45) is 7.05 Å². The van der Waals surface area contributed by atoms with Crippen LogP contribution in [0.5, 0.6) is 0 Å². The summed E-state index contributed by atoms with van der Waals surface area (Å²) in [7, 11) is 1.76. The highest BCUT2D eigenvalue weighted by atomic mass is 127. The molecule has 0 saturated heterocycles. The van der Waals surface area contributed by atoms with Crippen molar-refractivity contribution in [3.63, 3.8) is 0 Å². The molecule has 84 valence electrons. The third kappa shape index (κ3) is 2.28. The lowest BCUT2D eigenvalue weighted by atomic mass is 10.1. The Bertz CT molecular complexity index is 515. The van der Waals surface area contributed by atoms with Crippen molar-refractivity contribution >= 4 is 38.5 Å². The zero-order chi connectivity index (χ0) is 11.7. The van der Waals surface area contributed by atoms with Crippen LogP contribution in [0.4, 0.5) is 0 Å². The summed E-state index contributed by atoms with van der Waals surface area (Å²) in [5.41, 5.74) is 1.52. The summed E-state index contributed by atoms with van der Waals surface area (Å²) in [5.74, 6) is 0. The van der Waals surface area contributed by atoms with Crippen LogP contribution in [0.3, 0.4) is 0 Å². The smallest absolute Gasteiger partial charge is 0.123 e. The highest BCUT2D eigenvalue weighted by Gasteiger charge is 2.17. The fraction of sp³-hybridized carbons (Fsp3) is 0.200. The monoisotopic (exact) mass is 393 g/mol. The molecule has 0 bridgehead atoms. The number of hydrogen-bond donors (Lipinski definition) is 1. The Morgan fingerprint density at radius 3 is 2.88 bits per heavy atom. The first kappa shape index (κ1) is 12.0. The average molecular weight is 394 g/mol. The van der Waals surface area contributed by atoms with Crippen molar-refractivity contribution in [3.8, 4) is 0 Å². The van der Waals surface area contributed by atoms with Crippen molar-refractivity contribution in [1.29, 1.82) is 0 Å². The molecule has 0 aliphatic rings. The van der Waals surface area contributed by atoms with Gasteiger partial charge in [-0.15, -0.1) is 5.10 Å². The third-order valence-corrected chi connectivity index (χ3v) is 3.76. The molecule has 1 N–H and O–H groups in total. The second-order valence-corrected chi connectivity index (χ2v) is 5.43. The van der Waals surface area contributed by atoms with E-state index in [9.17, 15) is 5.11 Å². The van der Waals surface area contributed by atoms with E-state index in [1.807, 2.05) is 18.2 Å². The first-order chi connectivity index (χ1) is 7.59. The molecule has 0 radical (unpaired) electrons. The molecule has 16 heavy (non-hydrogen) atoms. The fourth-order valence-corrected chi connectivity index (χ4v) is 2.44. The van der Waals surface area contributed by atoms with Gasteiger partial charge in [0.05, 0.1) is 11.9 Å². The van der Waals surface area contributed by atoms with Gasteiger partial charge in [0.1, 0.15) is 6.10 Å². The lowest BCUT2D eigenvalue weighted by molar-refractivity contribution is 0.209. The summed E-state index contributed by atoms with van der Waals surface area (Å²) in [4.78, 5) is 0. The maximum Gasteiger partial charge on any atom is 0.123 e.